The Balaban J connectivity index is 2.06. The van der Waals surface area contributed by atoms with E-state index in [9.17, 15) is 4.79 Å². The maximum absolute atomic E-state index is 12.0. The van der Waals surface area contributed by atoms with Crippen LogP contribution in [0.5, 0.6) is 0 Å². The summed E-state index contributed by atoms with van der Waals surface area (Å²) < 4.78 is 5.73. The highest BCUT2D eigenvalue weighted by atomic mass is 79.9. The molecule has 2 nitrogen and oxygen atoms in total. The molecule has 0 aromatic heterocycles. The SMILES string of the molecule is CCC(Br)C(=O)O[C@@H]1CCCC[C@H]1c1ccccc1. The fourth-order valence-electron chi connectivity index (χ4n) is 2.71. The van der Waals surface area contributed by atoms with E-state index in [2.05, 4.69) is 40.2 Å². The maximum atomic E-state index is 12.0. The molecule has 2 rings (SSSR count). The normalized spacial score (nSPS) is 24.7. The molecule has 0 radical (unpaired) electrons. The summed E-state index contributed by atoms with van der Waals surface area (Å²) in [5.74, 6) is 0.241. The molecule has 0 aliphatic heterocycles. The molecule has 0 amide bonds. The Bertz CT molecular complexity index is 404. The van der Waals surface area contributed by atoms with Crippen LogP contribution in [0.3, 0.4) is 0 Å². The van der Waals surface area contributed by atoms with Gasteiger partial charge in [0, 0.05) is 5.92 Å². The van der Waals surface area contributed by atoms with Crippen LogP contribution in [-0.2, 0) is 9.53 Å². The van der Waals surface area contributed by atoms with Crippen LogP contribution in [0.2, 0.25) is 0 Å². The van der Waals surface area contributed by atoms with Gasteiger partial charge in [-0.3, -0.25) is 4.79 Å². The van der Waals surface area contributed by atoms with E-state index in [0.717, 1.165) is 25.7 Å². The van der Waals surface area contributed by atoms with Crippen molar-refractivity contribution in [2.24, 2.45) is 0 Å². The van der Waals surface area contributed by atoms with Crippen molar-refractivity contribution >= 4 is 21.9 Å². The summed E-state index contributed by atoms with van der Waals surface area (Å²) in [5, 5.41) is 0. The molecular weight excluding hydrogens is 304 g/mol. The third-order valence-electron chi connectivity index (χ3n) is 3.81. The standard InChI is InChI=1S/C16H21BrO2/c1-2-14(17)16(18)19-15-11-7-6-10-13(15)12-8-4-3-5-9-12/h3-5,8-9,13-15H,2,6-7,10-11H2,1H3/t13-,14?,15+/m0/s1. The van der Waals surface area contributed by atoms with Gasteiger partial charge < -0.3 is 4.74 Å². The first kappa shape index (κ1) is 14.6. The van der Waals surface area contributed by atoms with Gasteiger partial charge in [0.15, 0.2) is 0 Å². The third kappa shape index (κ3) is 3.82. The molecule has 0 N–H and O–H groups in total. The van der Waals surface area contributed by atoms with Gasteiger partial charge in [-0.25, -0.2) is 0 Å². The van der Waals surface area contributed by atoms with Gasteiger partial charge in [0.05, 0.1) is 0 Å². The number of hydrogen-bond acceptors (Lipinski definition) is 2. The van der Waals surface area contributed by atoms with Gasteiger partial charge >= 0.3 is 5.97 Å². The zero-order valence-corrected chi connectivity index (χ0v) is 12.9. The van der Waals surface area contributed by atoms with Crippen LogP contribution in [0.25, 0.3) is 0 Å². The van der Waals surface area contributed by atoms with Gasteiger partial charge in [0.1, 0.15) is 10.9 Å². The zero-order chi connectivity index (χ0) is 13.7. The first-order chi connectivity index (χ1) is 9.22. The molecule has 1 fully saturated rings. The number of benzene rings is 1. The molecule has 19 heavy (non-hydrogen) atoms. The van der Waals surface area contributed by atoms with Gasteiger partial charge in [0.25, 0.3) is 0 Å². The van der Waals surface area contributed by atoms with Crippen molar-refractivity contribution in [1.82, 2.24) is 0 Å². The van der Waals surface area contributed by atoms with Crippen LogP contribution in [0, 0.1) is 0 Å². The molecule has 3 heteroatoms. The lowest BCUT2D eigenvalue weighted by atomic mass is 9.81. The van der Waals surface area contributed by atoms with Crippen LogP contribution >= 0.6 is 15.9 Å². The van der Waals surface area contributed by atoms with Crippen molar-refractivity contribution in [2.45, 2.75) is 55.9 Å². The van der Waals surface area contributed by atoms with Gasteiger partial charge in [-0.05, 0) is 31.2 Å². The van der Waals surface area contributed by atoms with Gasteiger partial charge in [-0.1, -0.05) is 59.6 Å². The van der Waals surface area contributed by atoms with Crippen LogP contribution in [0.4, 0.5) is 0 Å². The summed E-state index contributed by atoms with van der Waals surface area (Å²) in [6.07, 6.45) is 5.27. The first-order valence-corrected chi connectivity index (χ1v) is 8.03. The van der Waals surface area contributed by atoms with E-state index >= 15 is 0 Å². The highest BCUT2D eigenvalue weighted by Crippen LogP contribution is 2.35. The lowest BCUT2D eigenvalue weighted by molar-refractivity contribution is -0.150. The molecule has 1 saturated carbocycles. The molecule has 1 unspecified atom stereocenters. The number of ether oxygens (including phenoxy) is 1. The van der Waals surface area contributed by atoms with Crippen molar-refractivity contribution < 1.29 is 9.53 Å². The minimum Gasteiger partial charge on any atom is -0.461 e. The number of hydrogen-bond donors (Lipinski definition) is 0. The van der Waals surface area contributed by atoms with Gasteiger partial charge in [-0.2, -0.15) is 0 Å². The number of rotatable bonds is 4. The Morgan fingerprint density at radius 3 is 2.68 bits per heavy atom. The van der Waals surface area contributed by atoms with Crippen molar-refractivity contribution in [3.63, 3.8) is 0 Å². The Kier molecular flexibility index (Phi) is 5.44. The van der Waals surface area contributed by atoms with E-state index in [1.54, 1.807) is 0 Å². The number of alkyl halides is 1. The summed E-state index contributed by atoms with van der Waals surface area (Å²) in [4.78, 5) is 11.8. The average Bonchev–Trinajstić information content (AvgIpc) is 2.47. The highest BCUT2D eigenvalue weighted by Gasteiger charge is 2.30. The molecule has 1 aliphatic rings. The molecule has 0 heterocycles. The highest BCUT2D eigenvalue weighted by molar-refractivity contribution is 9.10. The Morgan fingerprint density at radius 2 is 2.00 bits per heavy atom. The molecule has 0 saturated heterocycles. The summed E-state index contributed by atoms with van der Waals surface area (Å²) in [6.45, 7) is 1.98. The smallest absolute Gasteiger partial charge is 0.320 e. The van der Waals surface area contributed by atoms with E-state index < -0.39 is 0 Å². The van der Waals surface area contributed by atoms with Crippen LogP contribution < -0.4 is 0 Å². The summed E-state index contributed by atoms with van der Waals surface area (Å²) in [7, 11) is 0. The number of halogens is 1. The molecule has 1 aliphatic carbocycles. The van der Waals surface area contributed by atoms with Crippen molar-refractivity contribution in [3.8, 4) is 0 Å². The van der Waals surface area contributed by atoms with Crippen molar-refractivity contribution in [3.05, 3.63) is 35.9 Å². The quantitative estimate of drug-likeness (QED) is 0.605. The third-order valence-corrected chi connectivity index (χ3v) is 4.83. The molecule has 1 aromatic carbocycles. The van der Waals surface area contributed by atoms with E-state index in [4.69, 9.17) is 4.74 Å². The van der Waals surface area contributed by atoms with Gasteiger partial charge in [0.2, 0.25) is 0 Å². The second-order valence-electron chi connectivity index (χ2n) is 5.15. The average molecular weight is 325 g/mol. The monoisotopic (exact) mass is 324 g/mol. The second kappa shape index (κ2) is 7.09. The molecule has 0 spiro atoms. The molecule has 1 aromatic rings. The van der Waals surface area contributed by atoms with Gasteiger partial charge in [-0.15, -0.1) is 0 Å². The van der Waals surface area contributed by atoms with E-state index in [1.165, 1.54) is 12.0 Å². The molecular formula is C16H21BrO2. The van der Waals surface area contributed by atoms with Crippen LogP contribution in [0.1, 0.15) is 50.5 Å². The summed E-state index contributed by atoms with van der Waals surface area (Å²) in [6, 6.07) is 10.4. The minimum atomic E-state index is -0.175. The number of esters is 1. The van der Waals surface area contributed by atoms with E-state index in [1.807, 2.05) is 13.0 Å². The summed E-state index contributed by atoms with van der Waals surface area (Å²) >= 11 is 3.37. The topological polar surface area (TPSA) is 26.3 Å². The Labute approximate surface area is 123 Å². The second-order valence-corrected chi connectivity index (χ2v) is 6.26. The largest absolute Gasteiger partial charge is 0.461 e. The summed E-state index contributed by atoms with van der Waals surface area (Å²) in [5.41, 5.74) is 1.29. The Hall–Kier alpha value is -0.830. The lowest BCUT2D eigenvalue weighted by Crippen LogP contribution is -2.31. The Morgan fingerprint density at radius 1 is 1.32 bits per heavy atom. The van der Waals surface area contributed by atoms with Crippen LogP contribution in [-0.4, -0.2) is 16.9 Å². The fraction of sp³-hybridized carbons (Fsp3) is 0.562. The molecule has 104 valence electrons. The molecule has 0 bridgehead atoms. The predicted octanol–water partition coefficient (Wildman–Crippen LogP) is 4.43. The van der Waals surface area contributed by atoms with E-state index in [-0.39, 0.29) is 16.9 Å². The number of carbonyl (C=O) groups excluding carboxylic acids is 1. The maximum Gasteiger partial charge on any atom is 0.320 e. The lowest BCUT2D eigenvalue weighted by Gasteiger charge is -2.32. The van der Waals surface area contributed by atoms with Crippen molar-refractivity contribution in [1.29, 1.82) is 0 Å². The zero-order valence-electron chi connectivity index (χ0n) is 11.3. The van der Waals surface area contributed by atoms with Crippen molar-refractivity contribution in [2.75, 3.05) is 0 Å². The predicted molar refractivity (Wildman–Crippen MR) is 80.5 cm³/mol. The minimum absolute atomic E-state index is 0.0373. The first-order valence-electron chi connectivity index (χ1n) is 7.12. The van der Waals surface area contributed by atoms with Crippen LogP contribution in [0.15, 0.2) is 30.3 Å². The number of carbonyl (C=O) groups is 1. The fourth-order valence-corrected chi connectivity index (χ4v) is 2.82. The molecule has 3 atom stereocenters. The van der Waals surface area contributed by atoms with E-state index in [0.29, 0.717) is 5.92 Å².